The summed E-state index contributed by atoms with van der Waals surface area (Å²) >= 11 is 0. The van der Waals surface area contributed by atoms with Gasteiger partial charge < -0.3 is 9.47 Å². The van der Waals surface area contributed by atoms with Gasteiger partial charge in [-0.3, -0.25) is 4.79 Å². The van der Waals surface area contributed by atoms with Crippen LogP contribution in [0.1, 0.15) is 61.3 Å². The number of carbonyl (C=O) groups is 1. The molecule has 0 saturated heterocycles. The number of fused-ring (bicyclic) bond motifs is 1. The molecule has 1 aliphatic rings. The molecule has 1 fully saturated rings. The zero-order valence-electron chi connectivity index (χ0n) is 16.9. The van der Waals surface area contributed by atoms with Crippen LogP contribution in [-0.2, 0) is 6.54 Å². The van der Waals surface area contributed by atoms with Crippen LogP contribution in [0.25, 0.3) is 11.0 Å². The van der Waals surface area contributed by atoms with E-state index in [0.29, 0.717) is 18.3 Å². The molecule has 0 atom stereocenters. The first-order valence-corrected chi connectivity index (χ1v) is 10.4. The fourth-order valence-corrected chi connectivity index (χ4v) is 4.35. The van der Waals surface area contributed by atoms with Crippen LogP contribution in [-0.4, -0.2) is 26.9 Å². The summed E-state index contributed by atoms with van der Waals surface area (Å²) in [4.78, 5) is 19.1. The molecule has 0 radical (unpaired) electrons. The Morgan fingerprint density at radius 2 is 1.80 bits per heavy atom. The Hall–Kier alpha value is -2.83. The highest BCUT2D eigenvalue weighted by molar-refractivity contribution is 5.94. The van der Waals surface area contributed by atoms with E-state index >= 15 is 0 Å². The molecular formula is C23H24F3N3O. The lowest BCUT2D eigenvalue weighted by Crippen LogP contribution is -2.34. The van der Waals surface area contributed by atoms with E-state index < -0.39 is 28.9 Å². The number of halogens is 3. The summed E-state index contributed by atoms with van der Waals surface area (Å²) in [5, 5.41) is 0. The van der Waals surface area contributed by atoms with Crippen molar-refractivity contribution in [3.05, 3.63) is 65.2 Å². The minimum absolute atomic E-state index is 0.104. The van der Waals surface area contributed by atoms with Crippen LogP contribution >= 0.6 is 0 Å². The van der Waals surface area contributed by atoms with Crippen molar-refractivity contribution < 1.29 is 18.0 Å². The van der Waals surface area contributed by atoms with Crippen LogP contribution in [0.2, 0.25) is 0 Å². The minimum Gasteiger partial charge on any atom is -0.331 e. The highest BCUT2D eigenvalue weighted by Gasteiger charge is 2.28. The predicted molar refractivity (Wildman–Crippen MR) is 109 cm³/mol. The second kappa shape index (κ2) is 8.50. The molecule has 0 unspecified atom stereocenters. The predicted octanol–water partition coefficient (Wildman–Crippen LogP) is 5.62. The molecule has 2 aromatic carbocycles. The third-order valence-corrected chi connectivity index (χ3v) is 5.73. The number of hydrogen-bond donors (Lipinski definition) is 0. The summed E-state index contributed by atoms with van der Waals surface area (Å²) in [5.41, 5.74) is 0.963. The lowest BCUT2D eigenvalue weighted by atomic mass is 10.1. The SMILES string of the molecule is CCCN(Cc1nc2ccccc2n1C1CCCC1)C(=O)c1c(F)ccc(F)c1F. The van der Waals surface area contributed by atoms with Gasteiger partial charge in [0.2, 0.25) is 0 Å². The van der Waals surface area contributed by atoms with Gasteiger partial charge in [0.05, 0.1) is 17.6 Å². The Kier molecular flexibility index (Phi) is 5.79. The lowest BCUT2D eigenvalue weighted by Gasteiger charge is -2.24. The zero-order chi connectivity index (χ0) is 21.3. The van der Waals surface area contributed by atoms with Gasteiger partial charge in [-0.1, -0.05) is 31.9 Å². The van der Waals surface area contributed by atoms with Crippen LogP contribution in [0.4, 0.5) is 13.2 Å². The Labute approximate surface area is 173 Å². The molecule has 0 spiro atoms. The van der Waals surface area contributed by atoms with E-state index in [1.807, 2.05) is 31.2 Å². The number of benzene rings is 2. The maximum Gasteiger partial charge on any atom is 0.260 e. The minimum atomic E-state index is -1.45. The molecular weight excluding hydrogens is 391 g/mol. The third-order valence-electron chi connectivity index (χ3n) is 5.73. The molecule has 1 aromatic heterocycles. The standard InChI is InChI=1S/C23H24F3N3O/c1-2-13-28(23(30)21-16(24)11-12-17(25)22(21)26)14-20-27-18-9-5-6-10-19(18)29(20)15-7-3-4-8-15/h5-6,9-12,15H,2-4,7-8,13-14H2,1H3. The van der Waals surface area contributed by atoms with Gasteiger partial charge in [-0.2, -0.15) is 0 Å². The van der Waals surface area contributed by atoms with E-state index in [-0.39, 0.29) is 19.1 Å². The van der Waals surface area contributed by atoms with E-state index in [9.17, 15) is 18.0 Å². The Balaban J connectivity index is 1.74. The van der Waals surface area contributed by atoms with E-state index in [1.165, 1.54) is 4.90 Å². The molecule has 0 bridgehead atoms. The van der Waals surface area contributed by atoms with Crippen LogP contribution in [0.15, 0.2) is 36.4 Å². The summed E-state index contributed by atoms with van der Waals surface area (Å²) in [6, 6.07) is 9.53. The van der Waals surface area contributed by atoms with Crippen molar-refractivity contribution in [1.29, 1.82) is 0 Å². The van der Waals surface area contributed by atoms with Crippen molar-refractivity contribution in [1.82, 2.24) is 14.5 Å². The van der Waals surface area contributed by atoms with Crippen molar-refractivity contribution in [3.63, 3.8) is 0 Å². The molecule has 1 heterocycles. The van der Waals surface area contributed by atoms with Crippen LogP contribution in [0, 0.1) is 17.5 Å². The molecule has 30 heavy (non-hydrogen) atoms. The normalized spacial score (nSPS) is 14.5. The van der Waals surface area contributed by atoms with Crippen molar-refractivity contribution in [3.8, 4) is 0 Å². The first-order valence-electron chi connectivity index (χ1n) is 10.4. The van der Waals surface area contributed by atoms with Gasteiger partial charge in [-0.15, -0.1) is 0 Å². The molecule has 4 nitrogen and oxygen atoms in total. The van der Waals surface area contributed by atoms with Gasteiger partial charge in [0.15, 0.2) is 11.6 Å². The Bertz CT molecular complexity index is 1070. The summed E-state index contributed by atoms with van der Waals surface area (Å²) in [5.74, 6) is -3.94. The van der Waals surface area contributed by atoms with Gasteiger partial charge in [0.1, 0.15) is 17.2 Å². The molecule has 0 N–H and O–H groups in total. The van der Waals surface area contributed by atoms with Crippen molar-refractivity contribution in [2.45, 2.75) is 51.6 Å². The fourth-order valence-electron chi connectivity index (χ4n) is 4.35. The molecule has 1 amide bonds. The topological polar surface area (TPSA) is 38.1 Å². The lowest BCUT2D eigenvalue weighted by molar-refractivity contribution is 0.0725. The average Bonchev–Trinajstić information content (AvgIpc) is 3.37. The van der Waals surface area contributed by atoms with Crippen molar-refractivity contribution in [2.24, 2.45) is 0 Å². The van der Waals surface area contributed by atoms with Crippen LogP contribution < -0.4 is 0 Å². The largest absolute Gasteiger partial charge is 0.331 e. The Morgan fingerprint density at radius 3 is 2.53 bits per heavy atom. The molecule has 1 aliphatic carbocycles. The van der Waals surface area contributed by atoms with Crippen molar-refractivity contribution in [2.75, 3.05) is 6.54 Å². The van der Waals surface area contributed by atoms with Gasteiger partial charge in [0.25, 0.3) is 5.91 Å². The monoisotopic (exact) mass is 415 g/mol. The quantitative estimate of drug-likeness (QED) is 0.490. The zero-order valence-corrected chi connectivity index (χ0v) is 16.9. The van der Waals surface area contributed by atoms with E-state index in [1.54, 1.807) is 0 Å². The second-order valence-electron chi connectivity index (χ2n) is 7.77. The van der Waals surface area contributed by atoms with Crippen LogP contribution in [0.5, 0.6) is 0 Å². The number of amides is 1. The summed E-state index contributed by atoms with van der Waals surface area (Å²) < 4.78 is 44.3. The fraction of sp³-hybridized carbons (Fsp3) is 0.391. The number of aromatic nitrogens is 2. The Morgan fingerprint density at radius 1 is 1.10 bits per heavy atom. The average molecular weight is 415 g/mol. The summed E-state index contributed by atoms with van der Waals surface area (Å²) in [7, 11) is 0. The first kappa shape index (κ1) is 20.4. The number of imidazole rings is 1. The van der Waals surface area contributed by atoms with Gasteiger partial charge in [0, 0.05) is 12.6 Å². The van der Waals surface area contributed by atoms with E-state index in [2.05, 4.69) is 4.57 Å². The second-order valence-corrected chi connectivity index (χ2v) is 7.77. The molecule has 0 aliphatic heterocycles. The smallest absolute Gasteiger partial charge is 0.260 e. The van der Waals surface area contributed by atoms with Crippen LogP contribution in [0.3, 0.4) is 0 Å². The van der Waals surface area contributed by atoms with E-state index in [4.69, 9.17) is 4.98 Å². The number of rotatable bonds is 6. The number of para-hydroxylation sites is 2. The number of nitrogens with zero attached hydrogens (tertiary/aromatic N) is 3. The molecule has 7 heteroatoms. The first-order chi connectivity index (χ1) is 14.5. The highest BCUT2D eigenvalue weighted by atomic mass is 19.2. The highest BCUT2D eigenvalue weighted by Crippen LogP contribution is 2.34. The number of carbonyl (C=O) groups excluding carboxylic acids is 1. The molecule has 158 valence electrons. The maximum atomic E-state index is 14.3. The summed E-state index contributed by atoms with van der Waals surface area (Å²) in [6.45, 7) is 2.26. The van der Waals surface area contributed by atoms with Crippen molar-refractivity contribution >= 4 is 16.9 Å². The van der Waals surface area contributed by atoms with Gasteiger partial charge >= 0.3 is 0 Å². The molecule has 4 rings (SSSR count). The maximum absolute atomic E-state index is 14.3. The van der Waals surface area contributed by atoms with Gasteiger partial charge in [-0.05, 0) is 43.5 Å². The number of hydrogen-bond acceptors (Lipinski definition) is 2. The third kappa shape index (κ3) is 3.68. The summed E-state index contributed by atoms with van der Waals surface area (Å²) in [6.07, 6.45) is 4.92. The van der Waals surface area contributed by atoms with Gasteiger partial charge in [-0.25, -0.2) is 18.2 Å². The molecule has 1 saturated carbocycles. The van der Waals surface area contributed by atoms with E-state index in [0.717, 1.165) is 42.8 Å². The molecule has 3 aromatic rings.